The average Bonchev–Trinajstić information content (AvgIpc) is 2.07. The van der Waals surface area contributed by atoms with Gasteiger partial charge in [-0.2, -0.15) is 52.7 Å². The number of aliphatic hydroxyl groups is 1. The van der Waals surface area contributed by atoms with Gasteiger partial charge in [-0.3, -0.25) is 5.11 Å². The van der Waals surface area contributed by atoms with E-state index in [4.69, 9.17) is 5.11 Å². The second-order valence-electron chi connectivity index (χ2n) is 3.42. The summed E-state index contributed by atoms with van der Waals surface area (Å²) in [7, 11) is 0. The first-order valence-corrected chi connectivity index (χ1v) is 4.20. The number of halogens is 12. The van der Waals surface area contributed by atoms with Gasteiger partial charge in [0.15, 0.2) is 5.76 Å². The molecule has 0 rings (SSSR count). The fourth-order valence-corrected chi connectivity index (χ4v) is 1.19. The van der Waals surface area contributed by atoms with Gasteiger partial charge in [0.2, 0.25) is 0 Å². The monoisotopic (exact) mass is 345 g/mol. The van der Waals surface area contributed by atoms with Gasteiger partial charge in [-0.05, 0) is 0 Å². The van der Waals surface area contributed by atoms with Crippen LogP contribution in [0.3, 0.4) is 0 Å². The average molecular weight is 345 g/mol. The zero-order valence-electron chi connectivity index (χ0n) is 8.89. The molecule has 0 saturated heterocycles. The molecule has 0 unspecified atom stereocenters. The highest BCUT2D eigenvalue weighted by Gasteiger charge is 2.87. The lowest BCUT2D eigenvalue weighted by Crippen LogP contribution is -2.61. The van der Waals surface area contributed by atoms with Gasteiger partial charge in [0, 0.05) is 0 Å². The van der Waals surface area contributed by atoms with Crippen LogP contribution in [0.4, 0.5) is 52.7 Å². The maximum absolute atomic E-state index is 12.2. The molecule has 125 valence electrons. The van der Waals surface area contributed by atoms with E-state index in [1.165, 1.54) is 0 Å². The van der Waals surface area contributed by atoms with Crippen LogP contribution in [0.1, 0.15) is 0 Å². The van der Waals surface area contributed by atoms with Crippen molar-refractivity contribution >= 4 is 0 Å². The standard InChI is InChI=1S/C7HF12O2/c8-4(9,10)2(21)1(20)3(5(11,12)13,6(14,15)16)7(17,18)19/h20H. The van der Waals surface area contributed by atoms with Crippen LogP contribution < -0.4 is 0 Å². The molecule has 14 heteroatoms. The Labute approximate surface area is 106 Å². The summed E-state index contributed by atoms with van der Waals surface area (Å²) in [5.41, 5.74) is -7.35. The third-order valence-corrected chi connectivity index (χ3v) is 2.10. The molecular weight excluding hydrogens is 344 g/mol. The fourth-order valence-electron chi connectivity index (χ4n) is 1.19. The minimum Gasteiger partial charge on any atom is -0.507 e. The fraction of sp³-hybridized carbons (Fsp3) is 0.714. The summed E-state index contributed by atoms with van der Waals surface area (Å²) >= 11 is 0. The Hall–Kier alpha value is -1.50. The van der Waals surface area contributed by atoms with Crippen molar-refractivity contribution in [3.63, 3.8) is 0 Å². The molecule has 0 atom stereocenters. The number of alkyl halides is 12. The van der Waals surface area contributed by atoms with Gasteiger partial charge in [-0.25, -0.2) is 0 Å². The van der Waals surface area contributed by atoms with Crippen LogP contribution in [0.2, 0.25) is 0 Å². The highest BCUT2D eigenvalue weighted by Crippen LogP contribution is 2.63. The topological polar surface area (TPSA) is 40.1 Å². The van der Waals surface area contributed by atoms with Gasteiger partial charge in [-0.1, -0.05) is 0 Å². The maximum Gasteiger partial charge on any atom is 0.457 e. The van der Waals surface area contributed by atoms with E-state index in [1.807, 2.05) is 0 Å². The molecule has 0 saturated carbocycles. The Balaban J connectivity index is 6.90. The highest BCUT2D eigenvalue weighted by atomic mass is 19.4. The van der Waals surface area contributed by atoms with Gasteiger partial charge in [-0.15, -0.1) is 0 Å². The lowest BCUT2D eigenvalue weighted by molar-refractivity contribution is -0.420. The first-order valence-electron chi connectivity index (χ1n) is 4.20. The van der Waals surface area contributed by atoms with Crippen LogP contribution in [-0.4, -0.2) is 29.8 Å². The van der Waals surface area contributed by atoms with E-state index < -0.39 is 41.6 Å². The van der Waals surface area contributed by atoms with E-state index >= 15 is 0 Å². The summed E-state index contributed by atoms with van der Waals surface area (Å²) in [6, 6.07) is 0. The normalized spacial score (nSPS) is 16.8. The Morgan fingerprint density at radius 3 is 1.00 bits per heavy atom. The van der Waals surface area contributed by atoms with E-state index in [0.29, 0.717) is 0 Å². The van der Waals surface area contributed by atoms with Crippen LogP contribution in [0, 0.1) is 5.41 Å². The third-order valence-electron chi connectivity index (χ3n) is 2.10. The Kier molecular flexibility index (Phi) is 4.42. The maximum atomic E-state index is 12.2. The van der Waals surface area contributed by atoms with E-state index in [0.717, 1.165) is 0 Å². The first kappa shape index (κ1) is 19.5. The molecule has 2 nitrogen and oxygen atoms in total. The molecule has 0 fully saturated rings. The predicted octanol–water partition coefficient (Wildman–Crippen LogP) is 4.42. The van der Waals surface area contributed by atoms with Crippen LogP contribution in [0.5, 0.6) is 0 Å². The van der Waals surface area contributed by atoms with Crippen molar-refractivity contribution in [3.8, 4) is 0 Å². The number of hydrogen-bond donors (Lipinski definition) is 1. The number of aliphatic hydroxyl groups excluding tert-OH is 1. The molecule has 0 bridgehead atoms. The molecular formula is C7HF12O2. The molecule has 0 amide bonds. The van der Waals surface area contributed by atoms with Gasteiger partial charge in [0.25, 0.3) is 5.76 Å². The largest absolute Gasteiger partial charge is 0.507 e. The molecule has 0 aromatic carbocycles. The van der Waals surface area contributed by atoms with Gasteiger partial charge >= 0.3 is 30.1 Å². The van der Waals surface area contributed by atoms with Gasteiger partial charge in [0.05, 0.1) is 0 Å². The molecule has 0 aromatic rings. The lowest BCUT2D eigenvalue weighted by atomic mass is 9.82. The number of rotatable bonds is 1. The van der Waals surface area contributed by atoms with Crippen LogP contribution in [0.25, 0.3) is 0 Å². The molecule has 1 radical (unpaired) electrons. The quantitative estimate of drug-likeness (QED) is 0.555. The van der Waals surface area contributed by atoms with Crippen molar-refractivity contribution in [1.82, 2.24) is 0 Å². The molecule has 0 aliphatic rings. The number of hydrogen-bond acceptors (Lipinski definition) is 1. The van der Waals surface area contributed by atoms with Crippen molar-refractivity contribution in [2.45, 2.75) is 24.7 Å². The Bertz CT molecular complexity index is 383. The van der Waals surface area contributed by atoms with E-state index in [2.05, 4.69) is 0 Å². The molecule has 0 aliphatic heterocycles. The van der Waals surface area contributed by atoms with Crippen LogP contribution in [0.15, 0.2) is 11.5 Å². The van der Waals surface area contributed by atoms with E-state index in [9.17, 15) is 57.8 Å². The van der Waals surface area contributed by atoms with E-state index in [1.54, 1.807) is 0 Å². The van der Waals surface area contributed by atoms with Crippen LogP contribution >= 0.6 is 0 Å². The second kappa shape index (κ2) is 4.76. The molecule has 0 spiro atoms. The van der Waals surface area contributed by atoms with Gasteiger partial charge < -0.3 is 5.11 Å². The molecule has 0 heterocycles. The van der Waals surface area contributed by atoms with Crippen LogP contribution in [-0.2, 0) is 5.11 Å². The smallest absolute Gasteiger partial charge is 0.457 e. The zero-order valence-corrected chi connectivity index (χ0v) is 8.89. The summed E-state index contributed by atoms with van der Waals surface area (Å²) in [6.45, 7) is 0. The summed E-state index contributed by atoms with van der Waals surface area (Å²) in [6.07, 6.45) is -29.1. The molecule has 21 heavy (non-hydrogen) atoms. The van der Waals surface area contributed by atoms with Gasteiger partial charge in [0.1, 0.15) is 0 Å². The Morgan fingerprint density at radius 1 is 0.619 bits per heavy atom. The van der Waals surface area contributed by atoms with E-state index in [-0.39, 0.29) is 0 Å². The Morgan fingerprint density at radius 2 is 0.857 bits per heavy atom. The third kappa shape index (κ3) is 2.92. The first-order chi connectivity index (χ1) is 8.82. The predicted molar refractivity (Wildman–Crippen MR) is 37.0 cm³/mol. The van der Waals surface area contributed by atoms with Crippen molar-refractivity contribution in [2.24, 2.45) is 5.41 Å². The molecule has 0 aromatic heterocycles. The highest BCUT2D eigenvalue weighted by molar-refractivity contribution is 5.23. The summed E-state index contributed by atoms with van der Waals surface area (Å²) < 4.78 is 145. The molecule has 0 aliphatic carbocycles. The zero-order chi connectivity index (χ0) is 17.7. The second-order valence-corrected chi connectivity index (χ2v) is 3.42. The van der Waals surface area contributed by atoms with Crippen molar-refractivity contribution in [1.29, 1.82) is 0 Å². The van der Waals surface area contributed by atoms with Crippen molar-refractivity contribution < 1.29 is 62.9 Å². The SMILES string of the molecule is [O]C(=C(O)C(C(F)(F)F)(C(F)(F)F)C(F)(F)F)C(F)(F)F. The summed E-state index contributed by atoms with van der Waals surface area (Å²) in [4.78, 5) is 0. The molecule has 1 N–H and O–H groups in total. The lowest BCUT2D eigenvalue weighted by Gasteiger charge is -2.37. The van der Waals surface area contributed by atoms with Crippen molar-refractivity contribution in [2.75, 3.05) is 0 Å². The number of allylic oxidation sites excluding steroid dienone is 2. The summed E-state index contributed by atoms with van der Waals surface area (Å²) in [5, 5.41) is 18.5. The van der Waals surface area contributed by atoms with Crippen molar-refractivity contribution in [3.05, 3.63) is 11.5 Å². The minimum atomic E-state index is -7.51. The minimum absolute atomic E-state index is 4.31. The summed E-state index contributed by atoms with van der Waals surface area (Å²) in [5.74, 6) is -8.78.